The van der Waals surface area contributed by atoms with Crippen molar-refractivity contribution in [2.75, 3.05) is 0 Å². The van der Waals surface area contributed by atoms with Crippen LogP contribution in [-0.4, -0.2) is 15.9 Å². The normalized spacial score (nSPS) is 15.2. The van der Waals surface area contributed by atoms with Crippen LogP contribution in [0.4, 0.5) is 0 Å². The topological polar surface area (TPSA) is 63.3 Å². The number of carbonyl (C=O) groups is 1. The second-order valence-electron chi connectivity index (χ2n) is 12.0. The standard InChI is InChI=1S/C23H20NO.C13H24O2.Ir/c1-22(2)16-9-7-13-24-21(16)15-11-12-18-19(20(15)23(22,3)4)14-8-5-6-10-17(14)25-18;1-5-10(6-2)12(14)9-13(15)11(7-3)8-4;/h5-10,12-13H,1-4H3;9-11,14H,5-8H2,1-4H3;/q-1;;/b;12-9-;. The zero-order chi connectivity index (χ0) is 29.2. The van der Waals surface area contributed by atoms with Crippen molar-refractivity contribution < 1.29 is 34.4 Å². The number of pyridine rings is 1. The van der Waals surface area contributed by atoms with E-state index in [1.165, 1.54) is 28.0 Å². The van der Waals surface area contributed by atoms with Crippen molar-refractivity contribution >= 4 is 27.7 Å². The third-order valence-corrected chi connectivity index (χ3v) is 9.46. The van der Waals surface area contributed by atoms with Gasteiger partial charge < -0.3 is 14.5 Å². The number of aromatic nitrogens is 1. The van der Waals surface area contributed by atoms with Crippen molar-refractivity contribution in [3.63, 3.8) is 0 Å². The first-order valence-corrected chi connectivity index (χ1v) is 14.8. The van der Waals surface area contributed by atoms with Crippen LogP contribution in [0.1, 0.15) is 92.2 Å². The van der Waals surface area contributed by atoms with Gasteiger partial charge in [-0.1, -0.05) is 90.6 Å². The fraction of sp³-hybridized carbons (Fsp3) is 0.444. The number of para-hydroxylation sites is 1. The van der Waals surface area contributed by atoms with Gasteiger partial charge in [0.15, 0.2) is 5.78 Å². The molecule has 1 radical (unpaired) electrons. The van der Waals surface area contributed by atoms with Crippen LogP contribution >= 0.6 is 0 Å². The largest absolute Gasteiger partial charge is 0.512 e. The van der Waals surface area contributed by atoms with E-state index in [0.717, 1.165) is 48.1 Å². The number of aliphatic hydroxyl groups excluding tert-OH is 1. The Bertz CT molecular complexity index is 1540. The first kappa shape index (κ1) is 32.8. The van der Waals surface area contributed by atoms with Gasteiger partial charge in [-0.25, -0.2) is 0 Å². The summed E-state index contributed by atoms with van der Waals surface area (Å²) in [5.74, 6) is 0.547. The molecular weight excluding hydrogens is 687 g/mol. The van der Waals surface area contributed by atoms with Crippen LogP contribution in [0.25, 0.3) is 33.2 Å². The van der Waals surface area contributed by atoms with E-state index in [9.17, 15) is 9.90 Å². The Morgan fingerprint density at radius 1 is 0.927 bits per heavy atom. The molecule has 0 spiro atoms. The number of fused-ring (bicyclic) bond motifs is 7. The summed E-state index contributed by atoms with van der Waals surface area (Å²) in [6.07, 6.45) is 6.78. The molecule has 4 aromatic rings. The first-order valence-electron chi connectivity index (χ1n) is 14.8. The molecule has 0 amide bonds. The monoisotopic (exact) mass is 731 g/mol. The molecule has 2 aromatic carbocycles. The van der Waals surface area contributed by atoms with E-state index in [4.69, 9.17) is 9.40 Å². The molecule has 41 heavy (non-hydrogen) atoms. The second kappa shape index (κ2) is 13.0. The smallest absolute Gasteiger partial charge is 0.162 e. The summed E-state index contributed by atoms with van der Waals surface area (Å²) in [5.41, 5.74) is 6.45. The van der Waals surface area contributed by atoms with Gasteiger partial charge in [0.05, 0.1) is 11.3 Å². The van der Waals surface area contributed by atoms with Crippen LogP contribution in [0.5, 0.6) is 0 Å². The van der Waals surface area contributed by atoms with Gasteiger partial charge in [-0.3, -0.25) is 4.79 Å². The third-order valence-electron chi connectivity index (χ3n) is 9.46. The number of allylic oxidation sites excluding steroid dienone is 2. The molecule has 221 valence electrons. The summed E-state index contributed by atoms with van der Waals surface area (Å²) in [6.45, 7) is 17.4. The van der Waals surface area contributed by atoms with Gasteiger partial charge in [0, 0.05) is 49.6 Å². The van der Waals surface area contributed by atoms with E-state index < -0.39 is 0 Å². The number of hydrogen-bond acceptors (Lipinski definition) is 4. The van der Waals surface area contributed by atoms with E-state index in [1.807, 2.05) is 58.2 Å². The summed E-state index contributed by atoms with van der Waals surface area (Å²) >= 11 is 0. The van der Waals surface area contributed by atoms with Crippen LogP contribution in [0, 0.1) is 17.9 Å². The SMILES string of the molecule is CC1(C)c2cccnc2-c2[c-]cc3oc4ccccc4c3c2C1(C)C.CCC(CC)C(=O)/C=C(\O)C(CC)CC.[Ir]. The molecule has 2 heterocycles. The molecule has 0 saturated carbocycles. The summed E-state index contributed by atoms with van der Waals surface area (Å²) in [5, 5.41) is 12.1. The fourth-order valence-electron chi connectivity index (χ4n) is 6.11. The molecule has 5 heteroatoms. The number of aliphatic hydroxyl groups is 1. The Labute approximate surface area is 259 Å². The van der Waals surface area contributed by atoms with Gasteiger partial charge >= 0.3 is 0 Å². The third kappa shape index (κ3) is 5.81. The fourth-order valence-corrected chi connectivity index (χ4v) is 6.11. The van der Waals surface area contributed by atoms with Crippen LogP contribution in [-0.2, 0) is 35.7 Å². The molecule has 0 fully saturated rings. The molecule has 0 unspecified atom stereocenters. The molecule has 0 aliphatic heterocycles. The number of rotatable bonds is 7. The zero-order valence-electron chi connectivity index (χ0n) is 25.7. The molecule has 0 atom stereocenters. The Morgan fingerprint density at radius 2 is 1.56 bits per heavy atom. The minimum Gasteiger partial charge on any atom is -0.512 e. The Morgan fingerprint density at radius 3 is 2.20 bits per heavy atom. The van der Waals surface area contributed by atoms with Gasteiger partial charge in [0.2, 0.25) is 0 Å². The molecule has 4 nitrogen and oxygen atoms in total. The van der Waals surface area contributed by atoms with E-state index in [-0.39, 0.29) is 54.3 Å². The predicted octanol–water partition coefficient (Wildman–Crippen LogP) is 9.88. The van der Waals surface area contributed by atoms with E-state index in [1.54, 1.807) is 0 Å². The van der Waals surface area contributed by atoms with Crippen molar-refractivity contribution in [1.82, 2.24) is 4.98 Å². The first-order chi connectivity index (χ1) is 19.0. The van der Waals surface area contributed by atoms with Crippen molar-refractivity contribution in [2.45, 2.75) is 91.9 Å². The zero-order valence-corrected chi connectivity index (χ0v) is 28.1. The number of furan rings is 1. The molecule has 5 rings (SSSR count). The number of hydrogen-bond donors (Lipinski definition) is 1. The van der Waals surface area contributed by atoms with Gasteiger partial charge in [-0.15, -0.1) is 23.3 Å². The van der Waals surface area contributed by atoms with Crippen LogP contribution in [0.3, 0.4) is 0 Å². The average Bonchev–Trinajstić information content (AvgIpc) is 3.32. The maximum atomic E-state index is 11.7. The molecule has 2 aromatic heterocycles. The predicted molar refractivity (Wildman–Crippen MR) is 166 cm³/mol. The molecule has 1 aliphatic rings. The molecule has 1 N–H and O–H groups in total. The molecule has 0 bridgehead atoms. The summed E-state index contributed by atoms with van der Waals surface area (Å²) < 4.78 is 6.12. The number of nitrogens with zero attached hydrogens (tertiary/aromatic N) is 1. The summed E-state index contributed by atoms with van der Waals surface area (Å²) in [4.78, 5) is 16.4. The minimum atomic E-state index is -0.0823. The van der Waals surface area contributed by atoms with Crippen molar-refractivity contribution in [3.05, 3.63) is 77.7 Å². The summed E-state index contributed by atoms with van der Waals surface area (Å²) in [7, 11) is 0. The van der Waals surface area contributed by atoms with Gasteiger partial charge in [-0.2, -0.15) is 0 Å². The minimum absolute atomic E-state index is 0. The van der Waals surface area contributed by atoms with E-state index >= 15 is 0 Å². The molecular formula is C36H44IrNO3-. The Balaban J connectivity index is 0.000000253. The van der Waals surface area contributed by atoms with E-state index in [2.05, 4.69) is 52.0 Å². The number of carbonyl (C=O) groups excluding carboxylic acids is 1. The molecule has 1 aliphatic carbocycles. The van der Waals surface area contributed by atoms with Crippen molar-refractivity contribution in [1.29, 1.82) is 0 Å². The van der Waals surface area contributed by atoms with Gasteiger partial charge in [0.25, 0.3) is 0 Å². The maximum absolute atomic E-state index is 11.7. The second-order valence-corrected chi connectivity index (χ2v) is 12.0. The maximum Gasteiger partial charge on any atom is 0.162 e. The number of benzene rings is 2. The average molecular weight is 731 g/mol. The Hall–Kier alpha value is -2.75. The van der Waals surface area contributed by atoms with Crippen LogP contribution in [0.15, 0.2) is 64.9 Å². The van der Waals surface area contributed by atoms with Crippen molar-refractivity contribution in [2.24, 2.45) is 11.8 Å². The Kier molecular flexibility index (Phi) is 10.4. The van der Waals surface area contributed by atoms with Gasteiger partial charge in [-0.05, 0) is 54.3 Å². The van der Waals surface area contributed by atoms with Crippen LogP contribution < -0.4 is 0 Å². The van der Waals surface area contributed by atoms with Crippen molar-refractivity contribution in [3.8, 4) is 11.3 Å². The van der Waals surface area contributed by atoms with Gasteiger partial charge in [0.1, 0.15) is 5.58 Å². The molecule has 0 saturated heterocycles. The summed E-state index contributed by atoms with van der Waals surface area (Å²) in [6, 6.07) is 18.0. The number of ketones is 1. The van der Waals surface area contributed by atoms with Crippen LogP contribution in [0.2, 0.25) is 0 Å². The van der Waals surface area contributed by atoms with E-state index in [0.29, 0.717) is 0 Å². The quantitative estimate of drug-likeness (QED) is 0.117.